The number of benzene rings is 2. The second-order valence-electron chi connectivity index (χ2n) is 6.88. The average molecular weight is 451 g/mol. The molecular weight excluding hydrogens is 424 g/mol. The van der Waals surface area contributed by atoms with Crippen molar-refractivity contribution in [1.29, 1.82) is 0 Å². The molecule has 0 bridgehead atoms. The van der Waals surface area contributed by atoms with Crippen molar-refractivity contribution in [3.8, 4) is 23.0 Å². The summed E-state index contributed by atoms with van der Waals surface area (Å²) in [6.07, 6.45) is 1.06. The molecule has 9 nitrogen and oxygen atoms in total. The molecule has 1 amide bonds. The molecule has 1 N–H and O–H groups in total. The molecule has 0 aliphatic carbocycles. The predicted molar refractivity (Wildman–Crippen MR) is 116 cm³/mol. The topological polar surface area (TPSA) is 103 Å². The van der Waals surface area contributed by atoms with Crippen molar-refractivity contribution in [2.75, 3.05) is 44.0 Å². The number of anilines is 1. The third kappa shape index (κ3) is 5.72. The number of ether oxygens (including phenoxy) is 4. The Morgan fingerprint density at radius 3 is 2.55 bits per heavy atom. The van der Waals surface area contributed by atoms with E-state index in [-0.39, 0.29) is 13.2 Å². The highest BCUT2D eigenvalue weighted by atomic mass is 32.2. The highest BCUT2D eigenvalue weighted by Gasteiger charge is 2.30. The Hall–Kier alpha value is -3.14. The summed E-state index contributed by atoms with van der Waals surface area (Å²) in [6.45, 7) is 2.75. The molecule has 0 unspecified atom stereocenters. The van der Waals surface area contributed by atoms with Crippen LogP contribution in [0.3, 0.4) is 0 Å². The van der Waals surface area contributed by atoms with Crippen LogP contribution in [0.1, 0.15) is 6.92 Å². The molecule has 3 rings (SSSR count). The first-order chi connectivity index (χ1) is 14.8. The van der Waals surface area contributed by atoms with E-state index in [1.165, 1.54) is 6.92 Å². The molecule has 0 saturated heterocycles. The van der Waals surface area contributed by atoms with E-state index in [2.05, 4.69) is 5.32 Å². The van der Waals surface area contributed by atoms with Gasteiger partial charge in [0.1, 0.15) is 37.4 Å². The predicted octanol–water partition coefficient (Wildman–Crippen LogP) is 1.82. The van der Waals surface area contributed by atoms with Crippen molar-refractivity contribution in [1.82, 2.24) is 5.32 Å². The number of methoxy groups -OCH3 is 1. The minimum Gasteiger partial charge on any atom is -0.497 e. The molecule has 1 aliphatic heterocycles. The summed E-state index contributed by atoms with van der Waals surface area (Å²) < 4.78 is 47.7. The van der Waals surface area contributed by atoms with Crippen LogP contribution < -0.4 is 28.6 Å². The molecule has 1 atom stereocenters. The summed E-state index contributed by atoms with van der Waals surface area (Å²) in [5.41, 5.74) is 0.321. The molecule has 0 aromatic heterocycles. The summed E-state index contributed by atoms with van der Waals surface area (Å²) in [4.78, 5) is 12.7. The Morgan fingerprint density at radius 2 is 1.84 bits per heavy atom. The third-order valence-corrected chi connectivity index (χ3v) is 5.82. The van der Waals surface area contributed by atoms with Gasteiger partial charge in [-0.05, 0) is 31.2 Å². The largest absolute Gasteiger partial charge is 0.497 e. The maximum Gasteiger partial charge on any atom is 0.243 e. The van der Waals surface area contributed by atoms with Gasteiger partial charge in [0.15, 0.2) is 11.5 Å². The van der Waals surface area contributed by atoms with Gasteiger partial charge in [0, 0.05) is 12.1 Å². The Labute approximate surface area is 181 Å². The van der Waals surface area contributed by atoms with Gasteiger partial charge in [-0.3, -0.25) is 9.10 Å². The summed E-state index contributed by atoms with van der Waals surface area (Å²) in [7, 11) is -2.17. The molecule has 2 aromatic carbocycles. The second-order valence-corrected chi connectivity index (χ2v) is 8.74. The number of amides is 1. The van der Waals surface area contributed by atoms with Crippen LogP contribution in [0.15, 0.2) is 42.5 Å². The fourth-order valence-corrected chi connectivity index (χ4v) is 4.33. The summed E-state index contributed by atoms with van der Waals surface area (Å²) >= 11 is 0. The number of carbonyl (C=O) groups excluding carboxylic acids is 1. The smallest absolute Gasteiger partial charge is 0.243 e. The van der Waals surface area contributed by atoms with E-state index in [0.717, 1.165) is 10.6 Å². The molecule has 2 aromatic rings. The average Bonchev–Trinajstić information content (AvgIpc) is 2.75. The number of hydrogen-bond acceptors (Lipinski definition) is 7. The first-order valence-electron chi connectivity index (χ1n) is 9.73. The maximum absolute atomic E-state index is 12.7. The molecule has 1 aliphatic rings. The number of carbonyl (C=O) groups is 1. The van der Waals surface area contributed by atoms with Gasteiger partial charge in [0.05, 0.1) is 25.6 Å². The summed E-state index contributed by atoms with van der Waals surface area (Å²) in [6, 6.07) is 10.9. The lowest BCUT2D eigenvalue weighted by molar-refractivity contribution is -0.121. The van der Waals surface area contributed by atoms with E-state index >= 15 is 0 Å². The van der Waals surface area contributed by atoms with Gasteiger partial charge in [-0.25, -0.2) is 8.42 Å². The van der Waals surface area contributed by atoms with Gasteiger partial charge in [-0.1, -0.05) is 6.07 Å². The van der Waals surface area contributed by atoms with Gasteiger partial charge in [0.2, 0.25) is 15.9 Å². The van der Waals surface area contributed by atoms with E-state index in [1.54, 1.807) is 49.6 Å². The van der Waals surface area contributed by atoms with E-state index in [0.29, 0.717) is 41.9 Å². The first-order valence-corrected chi connectivity index (χ1v) is 11.6. The van der Waals surface area contributed by atoms with Crippen LogP contribution in [0, 0.1) is 0 Å². The van der Waals surface area contributed by atoms with Crippen LogP contribution in [0.4, 0.5) is 5.69 Å². The number of rotatable bonds is 9. The zero-order valence-corrected chi connectivity index (χ0v) is 18.5. The number of hydrogen-bond donors (Lipinski definition) is 1. The van der Waals surface area contributed by atoms with E-state index < -0.39 is 22.0 Å². The van der Waals surface area contributed by atoms with Crippen LogP contribution in [0.2, 0.25) is 0 Å². The third-order valence-electron chi connectivity index (χ3n) is 4.58. The van der Waals surface area contributed by atoms with Crippen molar-refractivity contribution >= 4 is 21.6 Å². The van der Waals surface area contributed by atoms with Gasteiger partial charge in [0.25, 0.3) is 0 Å². The second kappa shape index (κ2) is 9.78. The normalized spacial score (nSPS) is 13.8. The molecule has 0 spiro atoms. The molecule has 1 heterocycles. The molecule has 31 heavy (non-hydrogen) atoms. The number of nitrogens with zero attached hydrogens (tertiary/aromatic N) is 1. The lowest BCUT2D eigenvalue weighted by Gasteiger charge is -2.29. The van der Waals surface area contributed by atoms with Crippen molar-refractivity contribution in [3.63, 3.8) is 0 Å². The van der Waals surface area contributed by atoms with Crippen LogP contribution in [-0.2, 0) is 14.8 Å². The zero-order valence-electron chi connectivity index (χ0n) is 17.7. The molecule has 10 heteroatoms. The number of sulfonamides is 1. The van der Waals surface area contributed by atoms with Crippen molar-refractivity contribution in [2.45, 2.75) is 13.0 Å². The molecule has 168 valence electrons. The Bertz CT molecular complexity index is 1030. The fourth-order valence-electron chi connectivity index (χ4n) is 3.16. The van der Waals surface area contributed by atoms with Gasteiger partial charge in [-0.2, -0.15) is 0 Å². The van der Waals surface area contributed by atoms with Gasteiger partial charge >= 0.3 is 0 Å². The highest BCUT2D eigenvalue weighted by Crippen LogP contribution is 2.35. The molecule has 0 radical (unpaired) electrons. The van der Waals surface area contributed by atoms with Crippen molar-refractivity contribution in [2.24, 2.45) is 0 Å². The van der Waals surface area contributed by atoms with Crippen LogP contribution >= 0.6 is 0 Å². The minimum atomic E-state index is -3.74. The maximum atomic E-state index is 12.7. The zero-order chi connectivity index (χ0) is 22.4. The van der Waals surface area contributed by atoms with E-state index in [9.17, 15) is 13.2 Å². The van der Waals surface area contributed by atoms with Gasteiger partial charge < -0.3 is 24.3 Å². The monoisotopic (exact) mass is 450 g/mol. The van der Waals surface area contributed by atoms with Crippen LogP contribution in [0.25, 0.3) is 0 Å². The number of nitrogens with one attached hydrogen (secondary N) is 1. The standard InChI is InChI=1S/C21H26N2O7S/c1-15(21(24)22-9-10-28-18-6-4-5-17(14-18)27-2)23(31(3,25)26)16-7-8-19-20(13-16)30-12-11-29-19/h4-8,13-15H,9-12H2,1-3H3,(H,22,24)/t15-/m0/s1. The highest BCUT2D eigenvalue weighted by molar-refractivity contribution is 7.92. The Kier molecular flexibility index (Phi) is 7.11. The number of fused-ring (bicyclic) bond motifs is 1. The van der Waals surface area contributed by atoms with Crippen LogP contribution in [0.5, 0.6) is 23.0 Å². The first kappa shape index (κ1) is 22.5. The quantitative estimate of drug-likeness (QED) is 0.581. The van der Waals surface area contributed by atoms with Crippen molar-refractivity contribution in [3.05, 3.63) is 42.5 Å². The lowest BCUT2D eigenvalue weighted by atomic mass is 10.2. The van der Waals surface area contributed by atoms with E-state index in [4.69, 9.17) is 18.9 Å². The van der Waals surface area contributed by atoms with Crippen molar-refractivity contribution < 1.29 is 32.2 Å². The van der Waals surface area contributed by atoms with Crippen LogP contribution in [-0.4, -0.2) is 60.1 Å². The molecule has 0 fully saturated rings. The minimum absolute atomic E-state index is 0.207. The Balaban J connectivity index is 1.63. The molecule has 0 saturated carbocycles. The fraction of sp³-hybridized carbons (Fsp3) is 0.381. The Morgan fingerprint density at radius 1 is 1.13 bits per heavy atom. The van der Waals surface area contributed by atoms with Gasteiger partial charge in [-0.15, -0.1) is 0 Å². The SMILES string of the molecule is COc1cccc(OCCNC(=O)[C@H](C)N(c2ccc3c(c2)OCCO3)S(C)(=O)=O)c1. The lowest BCUT2D eigenvalue weighted by Crippen LogP contribution is -2.48. The molecular formula is C21H26N2O7S. The summed E-state index contributed by atoms with van der Waals surface area (Å²) in [5.74, 6) is 1.80. The van der Waals surface area contributed by atoms with E-state index in [1.807, 2.05) is 0 Å². The summed E-state index contributed by atoms with van der Waals surface area (Å²) in [5, 5.41) is 2.71.